The molecule has 0 saturated heterocycles. The third-order valence-corrected chi connectivity index (χ3v) is 7.65. The summed E-state index contributed by atoms with van der Waals surface area (Å²) in [5, 5.41) is 14.5. The Morgan fingerprint density at radius 1 is 1.13 bits per heavy atom. The van der Waals surface area contributed by atoms with Crippen molar-refractivity contribution in [2.45, 2.75) is 36.1 Å². The first-order valence-electron chi connectivity index (χ1n) is 11.3. The lowest BCUT2D eigenvalue weighted by Crippen LogP contribution is -2.22. The molecule has 39 heavy (non-hydrogen) atoms. The average molecular weight is 579 g/mol. The number of nitrogens with zero attached hydrogens (tertiary/aromatic N) is 2. The molecule has 202 valence electrons. The van der Waals surface area contributed by atoms with Crippen molar-refractivity contribution in [2.24, 2.45) is 0 Å². The van der Waals surface area contributed by atoms with E-state index >= 15 is 0 Å². The van der Waals surface area contributed by atoms with E-state index < -0.39 is 35.4 Å². The van der Waals surface area contributed by atoms with Gasteiger partial charge in [0, 0.05) is 28.3 Å². The Morgan fingerprint density at radius 2 is 1.90 bits per heavy atom. The molecular formula is C26H18ClF3N2O6S. The highest BCUT2D eigenvalue weighted by Gasteiger charge is 2.33. The fourth-order valence-corrected chi connectivity index (χ4v) is 5.71. The molecule has 0 spiro atoms. The molecule has 2 heterocycles. The van der Waals surface area contributed by atoms with Crippen LogP contribution in [0.25, 0.3) is 27.7 Å². The van der Waals surface area contributed by atoms with Crippen LogP contribution < -0.4 is 9.47 Å². The van der Waals surface area contributed by atoms with Gasteiger partial charge >= 0.3 is 12.3 Å². The molecule has 0 amide bonds. The molecule has 0 saturated carbocycles. The number of aliphatic carboxylic acids is 1. The van der Waals surface area contributed by atoms with Gasteiger partial charge in [0.25, 0.3) is 0 Å². The van der Waals surface area contributed by atoms with E-state index in [1.807, 2.05) is 0 Å². The Hall–Kier alpha value is -3.87. The second kappa shape index (κ2) is 10.0. The van der Waals surface area contributed by atoms with E-state index in [4.69, 9.17) is 26.0 Å². The largest absolute Gasteiger partial charge is 0.606 e. The molecular weight excluding hydrogens is 561 g/mol. The van der Waals surface area contributed by atoms with Crippen LogP contribution in [0.1, 0.15) is 12.6 Å². The van der Waals surface area contributed by atoms with Crippen molar-refractivity contribution >= 4 is 50.6 Å². The Labute approximate surface area is 226 Å². The van der Waals surface area contributed by atoms with Gasteiger partial charge in [0.1, 0.15) is 11.5 Å². The Bertz CT molecular complexity index is 1720. The van der Waals surface area contributed by atoms with Crippen LogP contribution in [0.5, 0.6) is 11.5 Å². The van der Waals surface area contributed by atoms with E-state index in [-0.39, 0.29) is 20.9 Å². The van der Waals surface area contributed by atoms with E-state index in [1.54, 1.807) is 41.8 Å². The third-order valence-electron chi connectivity index (χ3n) is 5.84. The third kappa shape index (κ3) is 5.22. The minimum Gasteiger partial charge on any atom is -0.606 e. The highest BCUT2D eigenvalue weighted by atomic mass is 35.5. The molecule has 13 heteroatoms. The van der Waals surface area contributed by atoms with Crippen molar-refractivity contribution in [1.29, 1.82) is 0 Å². The number of hydrogen-bond acceptors (Lipinski definition) is 6. The maximum absolute atomic E-state index is 13.9. The summed E-state index contributed by atoms with van der Waals surface area (Å²) in [7, 11) is 0. The molecule has 0 aliphatic carbocycles. The number of hydrogen-bond donors (Lipinski definition) is 1. The second-order valence-electron chi connectivity index (χ2n) is 8.47. The van der Waals surface area contributed by atoms with Crippen molar-refractivity contribution in [3.63, 3.8) is 0 Å². The summed E-state index contributed by atoms with van der Waals surface area (Å²) in [4.78, 5) is 11.6. The lowest BCUT2D eigenvalue weighted by atomic mass is 10.2. The summed E-state index contributed by atoms with van der Waals surface area (Å²) < 4.78 is 69.6. The Balaban J connectivity index is 1.69. The maximum atomic E-state index is 13.9. The molecule has 0 aliphatic rings. The van der Waals surface area contributed by atoms with Crippen LogP contribution in [0, 0.1) is 6.92 Å². The summed E-state index contributed by atoms with van der Waals surface area (Å²) in [6, 6.07) is 14.6. The lowest BCUT2D eigenvalue weighted by molar-refractivity contribution is -0.274. The summed E-state index contributed by atoms with van der Waals surface area (Å²) in [5.41, 5.74) is 1.21. The minimum atomic E-state index is -4.93. The number of fused-ring (bicyclic) bond motifs is 2. The van der Waals surface area contributed by atoms with Gasteiger partial charge in [-0.25, -0.2) is 4.79 Å². The van der Waals surface area contributed by atoms with Gasteiger partial charge in [-0.05, 0) is 56.3 Å². The van der Waals surface area contributed by atoms with Crippen molar-refractivity contribution in [3.8, 4) is 17.3 Å². The molecule has 8 nitrogen and oxygen atoms in total. The minimum absolute atomic E-state index is 0.164. The number of carbonyl (C=O) groups is 1. The van der Waals surface area contributed by atoms with E-state index in [9.17, 15) is 22.5 Å². The smallest absolute Gasteiger partial charge is 0.573 e. The van der Waals surface area contributed by atoms with E-state index in [0.29, 0.717) is 33.0 Å². The van der Waals surface area contributed by atoms with Crippen LogP contribution in [-0.4, -0.2) is 37.8 Å². The molecule has 0 aliphatic heterocycles. The Kier molecular flexibility index (Phi) is 6.87. The molecule has 0 bridgehead atoms. The topological polar surface area (TPSA) is 110 Å². The number of aromatic nitrogens is 2. The number of rotatable bonds is 7. The van der Waals surface area contributed by atoms with Crippen LogP contribution in [0.2, 0.25) is 5.02 Å². The van der Waals surface area contributed by atoms with Crippen molar-refractivity contribution in [3.05, 3.63) is 71.4 Å². The highest BCUT2D eigenvalue weighted by Crippen LogP contribution is 2.40. The quantitative estimate of drug-likeness (QED) is 0.215. The monoisotopic (exact) mass is 578 g/mol. The number of alkyl halides is 3. The number of carboxylic acid groups (broad SMARTS) is 1. The standard InChI is InChI=1S/C26H18ClF3N2O6S/c1-13-23(39(35)18-5-3-4-16(11-18)36-14(2)25(33)34)20-12-17(37-26(28,29)30)7-9-21(20)32(13)24-19-8-6-15(27)10-22(19)38-31-24/h3-12,14H,1-2H3,(H,33,34)/t14-,39?/m0/s1. The summed E-state index contributed by atoms with van der Waals surface area (Å²) in [5.74, 6) is -1.18. The predicted octanol–water partition coefficient (Wildman–Crippen LogP) is 6.65. The summed E-state index contributed by atoms with van der Waals surface area (Å²) in [6.07, 6.45) is -6.09. The van der Waals surface area contributed by atoms with E-state index in [0.717, 1.165) is 12.1 Å². The molecule has 1 unspecified atom stereocenters. The molecule has 5 aromatic rings. The first kappa shape index (κ1) is 26.7. The van der Waals surface area contributed by atoms with Crippen LogP contribution in [0.3, 0.4) is 0 Å². The molecule has 5 rings (SSSR count). The maximum Gasteiger partial charge on any atom is 0.573 e. The first-order valence-corrected chi connectivity index (χ1v) is 12.8. The number of halogens is 4. The normalized spacial score (nSPS) is 13.5. The van der Waals surface area contributed by atoms with Gasteiger partial charge in [-0.1, -0.05) is 22.8 Å². The van der Waals surface area contributed by atoms with Gasteiger partial charge in [-0.3, -0.25) is 4.57 Å². The molecule has 2 atom stereocenters. The van der Waals surface area contributed by atoms with E-state index in [2.05, 4.69) is 9.89 Å². The SMILES string of the molecule is Cc1c([S+]([O-])c2cccc(O[C@@H](C)C(=O)O)c2)c2cc(OC(F)(F)F)ccc2n1-c1noc2cc(Cl)ccc12. The predicted molar refractivity (Wildman–Crippen MR) is 136 cm³/mol. The van der Waals surface area contributed by atoms with Gasteiger partial charge < -0.3 is 23.7 Å². The van der Waals surface area contributed by atoms with Crippen molar-refractivity contribution in [1.82, 2.24) is 9.72 Å². The zero-order chi connectivity index (χ0) is 28.1. The number of carboxylic acids is 1. The number of benzene rings is 3. The summed E-state index contributed by atoms with van der Waals surface area (Å²) in [6.45, 7) is 3.00. The average Bonchev–Trinajstić information content (AvgIpc) is 3.39. The number of ether oxygens (including phenoxy) is 2. The van der Waals surface area contributed by atoms with Gasteiger partial charge in [0.15, 0.2) is 27.3 Å². The van der Waals surface area contributed by atoms with Crippen LogP contribution in [0.4, 0.5) is 13.2 Å². The van der Waals surface area contributed by atoms with Gasteiger partial charge in [0.05, 0.1) is 22.0 Å². The van der Waals surface area contributed by atoms with Gasteiger partial charge in [0.2, 0.25) is 0 Å². The van der Waals surface area contributed by atoms with Gasteiger partial charge in [-0.15, -0.1) is 13.2 Å². The second-order valence-corrected chi connectivity index (χ2v) is 10.3. The molecule has 2 aromatic heterocycles. The summed E-state index contributed by atoms with van der Waals surface area (Å²) >= 11 is 4.12. The molecule has 3 aromatic carbocycles. The van der Waals surface area contributed by atoms with Crippen LogP contribution in [-0.2, 0) is 16.0 Å². The van der Waals surface area contributed by atoms with Crippen LogP contribution >= 0.6 is 11.6 Å². The first-order chi connectivity index (χ1) is 18.4. The van der Waals surface area contributed by atoms with Gasteiger partial charge in [-0.2, -0.15) is 0 Å². The zero-order valence-electron chi connectivity index (χ0n) is 20.2. The van der Waals surface area contributed by atoms with Crippen molar-refractivity contribution < 1.29 is 41.6 Å². The van der Waals surface area contributed by atoms with Crippen LogP contribution in [0.15, 0.2) is 75.0 Å². The lowest BCUT2D eigenvalue weighted by Gasteiger charge is -2.14. The van der Waals surface area contributed by atoms with Crippen molar-refractivity contribution in [2.75, 3.05) is 0 Å². The zero-order valence-corrected chi connectivity index (χ0v) is 21.7. The fourth-order valence-electron chi connectivity index (χ4n) is 4.17. The van der Waals surface area contributed by atoms with E-state index in [1.165, 1.54) is 25.1 Å². The molecule has 0 fully saturated rings. The Morgan fingerprint density at radius 3 is 2.62 bits per heavy atom. The molecule has 1 N–H and O–H groups in total. The molecule has 0 radical (unpaired) electrons. The fraction of sp³-hybridized carbons (Fsp3) is 0.154. The highest BCUT2D eigenvalue weighted by molar-refractivity contribution is 7.91.